The second-order valence-electron chi connectivity index (χ2n) is 4.08. The quantitative estimate of drug-likeness (QED) is 0.760. The van der Waals surface area contributed by atoms with Gasteiger partial charge in [-0.3, -0.25) is 0 Å². The minimum absolute atomic E-state index is 0.215. The maximum atomic E-state index is 5.71. The van der Waals surface area contributed by atoms with Gasteiger partial charge in [0.15, 0.2) is 5.79 Å². The molecule has 82 valence electrons. The van der Waals surface area contributed by atoms with Gasteiger partial charge in [0.25, 0.3) is 0 Å². The van der Waals surface area contributed by atoms with Crippen molar-refractivity contribution in [2.24, 2.45) is 0 Å². The van der Waals surface area contributed by atoms with E-state index in [4.69, 9.17) is 13.9 Å². The molecule has 0 aliphatic carbocycles. The summed E-state index contributed by atoms with van der Waals surface area (Å²) in [6.07, 6.45) is 3.46. The van der Waals surface area contributed by atoms with E-state index in [1.165, 1.54) is 0 Å². The van der Waals surface area contributed by atoms with Crippen LogP contribution in [-0.4, -0.2) is 25.5 Å². The Balaban J connectivity index is 1.76. The van der Waals surface area contributed by atoms with E-state index in [-0.39, 0.29) is 11.8 Å². The lowest BCUT2D eigenvalue weighted by Gasteiger charge is -2.36. The summed E-state index contributed by atoms with van der Waals surface area (Å²) >= 11 is 0. The average Bonchev–Trinajstić information content (AvgIpc) is 2.89. The maximum Gasteiger partial charge on any atom is 0.171 e. The van der Waals surface area contributed by atoms with Crippen LogP contribution in [0.3, 0.4) is 0 Å². The first-order valence-corrected chi connectivity index (χ1v) is 5.43. The summed E-state index contributed by atoms with van der Waals surface area (Å²) in [7, 11) is 0. The second kappa shape index (κ2) is 3.63. The number of ether oxygens (including phenoxy) is 2. The first kappa shape index (κ1) is 9.39. The molecule has 2 saturated heterocycles. The van der Waals surface area contributed by atoms with Crippen molar-refractivity contribution < 1.29 is 13.9 Å². The smallest absolute Gasteiger partial charge is 0.171 e. The number of piperidine rings is 1. The zero-order valence-corrected chi connectivity index (χ0v) is 8.57. The van der Waals surface area contributed by atoms with E-state index < -0.39 is 0 Å². The normalized spacial score (nSPS) is 29.7. The lowest BCUT2D eigenvalue weighted by atomic mass is 9.96. The molecule has 0 aromatic carbocycles. The highest BCUT2D eigenvalue weighted by Crippen LogP contribution is 2.36. The van der Waals surface area contributed by atoms with E-state index in [0.717, 1.165) is 25.1 Å². The van der Waals surface area contributed by atoms with Crippen molar-refractivity contribution in [3.63, 3.8) is 0 Å². The summed E-state index contributed by atoms with van der Waals surface area (Å²) in [4.78, 5) is 0. The van der Waals surface area contributed by atoms with Crippen LogP contribution in [0.1, 0.15) is 24.6 Å². The topological polar surface area (TPSA) is 43.6 Å². The molecule has 0 saturated carbocycles. The molecule has 1 aromatic heterocycles. The Morgan fingerprint density at radius 3 is 2.93 bits per heavy atom. The Morgan fingerprint density at radius 1 is 1.33 bits per heavy atom. The van der Waals surface area contributed by atoms with Gasteiger partial charge in [-0.2, -0.15) is 0 Å². The third kappa shape index (κ3) is 1.69. The first-order chi connectivity index (χ1) is 7.38. The van der Waals surface area contributed by atoms with Crippen molar-refractivity contribution in [2.45, 2.75) is 24.7 Å². The van der Waals surface area contributed by atoms with Gasteiger partial charge in [-0.25, -0.2) is 0 Å². The van der Waals surface area contributed by atoms with E-state index in [0.29, 0.717) is 13.2 Å². The van der Waals surface area contributed by atoms with Gasteiger partial charge >= 0.3 is 0 Å². The van der Waals surface area contributed by atoms with Crippen molar-refractivity contribution in [1.29, 1.82) is 0 Å². The van der Waals surface area contributed by atoms with Gasteiger partial charge in [-0.05, 0) is 12.1 Å². The van der Waals surface area contributed by atoms with Crippen LogP contribution in [0.25, 0.3) is 0 Å². The minimum atomic E-state index is -0.358. The molecule has 2 aliphatic heterocycles. The lowest BCUT2D eigenvalue weighted by Crippen LogP contribution is -2.44. The number of rotatable bonds is 1. The number of furan rings is 1. The fourth-order valence-corrected chi connectivity index (χ4v) is 2.37. The van der Waals surface area contributed by atoms with Gasteiger partial charge in [0, 0.05) is 19.4 Å². The van der Waals surface area contributed by atoms with Crippen LogP contribution >= 0.6 is 0 Å². The SMILES string of the molecule is c1coc(C2CC3(CCN2)OCCO3)c1. The standard InChI is InChI=1S/C11H15NO3/c1-2-10(13-5-1)9-8-11(3-4-12-9)14-6-7-15-11/h1-2,5,9,12H,3-4,6-8H2. The Kier molecular flexibility index (Phi) is 2.27. The zero-order valence-electron chi connectivity index (χ0n) is 8.57. The monoisotopic (exact) mass is 209 g/mol. The van der Waals surface area contributed by atoms with Crippen molar-refractivity contribution in [3.05, 3.63) is 24.2 Å². The van der Waals surface area contributed by atoms with Crippen molar-refractivity contribution in [3.8, 4) is 0 Å². The lowest BCUT2D eigenvalue weighted by molar-refractivity contribution is -0.181. The summed E-state index contributed by atoms with van der Waals surface area (Å²) in [5.41, 5.74) is 0. The van der Waals surface area contributed by atoms with Crippen LogP contribution in [0.15, 0.2) is 22.8 Å². The Morgan fingerprint density at radius 2 is 2.20 bits per heavy atom. The van der Waals surface area contributed by atoms with Crippen LogP contribution in [0.2, 0.25) is 0 Å². The fraction of sp³-hybridized carbons (Fsp3) is 0.636. The maximum absolute atomic E-state index is 5.71. The molecule has 0 bridgehead atoms. The molecule has 4 heteroatoms. The summed E-state index contributed by atoms with van der Waals surface area (Å²) in [5.74, 6) is 0.607. The molecular formula is C11H15NO3. The summed E-state index contributed by atoms with van der Waals surface area (Å²) in [6.45, 7) is 2.33. The van der Waals surface area contributed by atoms with Gasteiger partial charge in [0.1, 0.15) is 5.76 Å². The molecule has 0 radical (unpaired) electrons. The average molecular weight is 209 g/mol. The molecule has 1 unspecified atom stereocenters. The van der Waals surface area contributed by atoms with Crippen LogP contribution in [-0.2, 0) is 9.47 Å². The molecule has 1 N–H and O–H groups in total. The number of hydrogen-bond donors (Lipinski definition) is 1. The molecule has 1 aromatic rings. The van der Waals surface area contributed by atoms with Crippen LogP contribution in [0, 0.1) is 0 Å². The molecular weight excluding hydrogens is 194 g/mol. The van der Waals surface area contributed by atoms with E-state index >= 15 is 0 Å². The first-order valence-electron chi connectivity index (χ1n) is 5.43. The highest BCUT2D eigenvalue weighted by Gasteiger charge is 2.42. The third-order valence-electron chi connectivity index (χ3n) is 3.11. The van der Waals surface area contributed by atoms with Crippen LogP contribution < -0.4 is 5.32 Å². The number of nitrogens with one attached hydrogen (secondary N) is 1. The molecule has 0 amide bonds. The fourth-order valence-electron chi connectivity index (χ4n) is 2.37. The van der Waals surface area contributed by atoms with E-state index in [1.54, 1.807) is 6.26 Å². The van der Waals surface area contributed by atoms with Gasteiger partial charge in [0.2, 0.25) is 0 Å². The largest absolute Gasteiger partial charge is 0.468 e. The van der Waals surface area contributed by atoms with Gasteiger partial charge in [0.05, 0.1) is 25.5 Å². The van der Waals surface area contributed by atoms with Crippen molar-refractivity contribution >= 4 is 0 Å². The van der Waals surface area contributed by atoms with Crippen molar-refractivity contribution in [1.82, 2.24) is 5.32 Å². The molecule has 1 spiro atoms. The molecule has 15 heavy (non-hydrogen) atoms. The third-order valence-corrected chi connectivity index (χ3v) is 3.11. The van der Waals surface area contributed by atoms with Gasteiger partial charge in [-0.15, -0.1) is 0 Å². The van der Waals surface area contributed by atoms with E-state index in [9.17, 15) is 0 Å². The van der Waals surface area contributed by atoms with Crippen LogP contribution in [0.5, 0.6) is 0 Å². The summed E-state index contributed by atoms with van der Waals surface area (Å²) in [5, 5.41) is 3.42. The zero-order chi connectivity index (χ0) is 10.1. The highest BCUT2D eigenvalue weighted by atomic mass is 16.7. The molecule has 2 fully saturated rings. The van der Waals surface area contributed by atoms with E-state index in [1.807, 2.05) is 12.1 Å². The Hall–Kier alpha value is -0.840. The van der Waals surface area contributed by atoms with Crippen LogP contribution in [0.4, 0.5) is 0 Å². The predicted molar refractivity (Wildman–Crippen MR) is 53.3 cm³/mol. The van der Waals surface area contributed by atoms with Crippen molar-refractivity contribution in [2.75, 3.05) is 19.8 Å². The number of hydrogen-bond acceptors (Lipinski definition) is 4. The molecule has 4 nitrogen and oxygen atoms in total. The summed E-state index contributed by atoms with van der Waals surface area (Å²) in [6, 6.07) is 4.12. The van der Waals surface area contributed by atoms with Gasteiger partial charge in [-0.1, -0.05) is 0 Å². The second-order valence-corrected chi connectivity index (χ2v) is 4.08. The molecule has 2 aliphatic rings. The molecule has 3 rings (SSSR count). The van der Waals surface area contributed by atoms with Gasteiger partial charge < -0.3 is 19.2 Å². The highest BCUT2D eigenvalue weighted by molar-refractivity contribution is 5.07. The minimum Gasteiger partial charge on any atom is -0.468 e. The molecule has 3 heterocycles. The predicted octanol–water partition coefficient (Wildman–Crippen LogP) is 1.45. The van der Waals surface area contributed by atoms with E-state index in [2.05, 4.69) is 5.32 Å². The Bertz CT molecular complexity index is 317. The Labute approximate surface area is 88.5 Å². The molecule has 1 atom stereocenters. The summed E-state index contributed by atoms with van der Waals surface area (Å²) < 4.78 is 16.8.